The molecule has 1 unspecified atom stereocenters. The number of esters is 1. The van der Waals surface area contributed by atoms with Gasteiger partial charge in [0.15, 0.2) is 16.8 Å². The van der Waals surface area contributed by atoms with Crippen LogP contribution in [0.5, 0.6) is 5.75 Å². The minimum Gasteiger partial charge on any atom is -0.462 e. The molecule has 3 heterocycles. The fourth-order valence-corrected chi connectivity index (χ4v) is 5.50. The number of aromatic nitrogens is 4. The normalized spacial score (nSPS) is 23.8. The van der Waals surface area contributed by atoms with Crippen molar-refractivity contribution in [3.63, 3.8) is 0 Å². The van der Waals surface area contributed by atoms with Crippen LogP contribution in [-0.4, -0.2) is 72.8 Å². The number of aliphatic hydroxyl groups excluding tert-OH is 2. The van der Waals surface area contributed by atoms with Gasteiger partial charge in [-0.25, -0.2) is 14.5 Å². The number of fused-ring (bicyclic) bond motifs is 1. The first-order valence-corrected chi connectivity index (χ1v) is 13.6. The predicted molar refractivity (Wildman–Crippen MR) is 138 cm³/mol. The number of anilines is 1. The van der Waals surface area contributed by atoms with Crippen LogP contribution in [0.1, 0.15) is 27.0 Å². The summed E-state index contributed by atoms with van der Waals surface area (Å²) in [5.41, 5.74) is 6.41. The molecule has 38 heavy (non-hydrogen) atoms. The number of hydrogen-bond donors (Lipinski definition) is 5. The summed E-state index contributed by atoms with van der Waals surface area (Å²) in [7, 11) is -4.21. The van der Waals surface area contributed by atoms with Crippen LogP contribution in [0.2, 0.25) is 0 Å². The van der Waals surface area contributed by atoms with Crippen molar-refractivity contribution in [1.82, 2.24) is 24.6 Å². The monoisotopic (exact) mass is 568 g/mol. The highest BCUT2D eigenvalue weighted by molar-refractivity contribution is 7.71. The third-order valence-electron chi connectivity index (χ3n) is 5.51. The van der Waals surface area contributed by atoms with Crippen LogP contribution in [0.4, 0.5) is 5.95 Å². The lowest BCUT2D eigenvalue weighted by Gasteiger charge is -2.25. The number of nitrogens with zero attached hydrogens (tertiary/aromatic N) is 3. The summed E-state index contributed by atoms with van der Waals surface area (Å²) in [6.07, 6.45) is -4.13. The molecule has 4 rings (SSSR count). The summed E-state index contributed by atoms with van der Waals surface area (Å²) >= 11 is 5.17. The fraction of sp³-hybridized carbons (Fsp3) is 0.455. The predicted octanol–water partition coefficient (Wildman–Crippen LogP) is 1.82. The topological polar surface area (TPSA) is 196 Å². The molecule has 16 heteroatoms. The highest BCUT2D eigenvalue weighted by Crippen LogP contribution is 2.46. The summed E-state index contributed by atoms with van der Waals surface area (Å²) in [5.74, 6) is -0.413. The van der Waals surface area contributed by atoms with E-state index >= 15 is 0 Å². The van der Waals surface area contributed by atoms with Crippen LogP contribution in [0.3, 0.4) is 0 Å². The van der Waals surface area contributed by atoms with Crippen molar-refractivity contribution in [3.8, 4) is 5.75 Å². The van der Waals surface area contributed by atoms with Crippen LogP contribution in [-0.2, 0) is 23.4 Å². The minimum atomic E-state index is -4.21. The summed E-state index contributed by atoms with van der Waals surface area (Å²) in [4.78, 5) is 23.2. The second-order valence-electron chi connectivity index (χ2n) is 8.86. The zero-order chi connectivity index (χ0) is 27.6. The van der Waals surface area contributed by atoms with Crippen molar-refractivity contribution in [2.75, 3.05) is 12.3 Å². The van der Waals surface area contributed by atoms with Crippen LogP contribution >= 0.6 is 20.0 Å². The second-order valence-corrected chi connectivity index (χ2v) is 10.9. The summed E-state index contributed by atoms with van der Waals surface area (Å²) in [5, 5.41) is 24.0. The van der Waals surface area contributed by atoms with Crippen molar-refractivity contribution >= 4 is 43.0 Å². The number of ether oxygens (including phenoxy) is 2. The van der Waals surface area contributed by atoms with E-state index in [1.165, 1.54) is 17.8 Å². The van der Waals surface area contributed by atoms with E-state index in [0.717, 1.165) is 0 Å². The van der Waals surface area contributed by atoms with Crippen molar-refractivity contribution in [3.05, 3.63) is 41.3 Å². The molecule has 0 aliphatic carbocycles. The number of H-pyrrole nitrogens is 1. The number of imidazole rings is 1. The Balaban J connectivity index is 1.52. The Bertz CT molecular complexity index is 1390. The van der Waals surface area contributed by atoms with Gasteiger partial charge in [-0.3, -0.25) is 13.9 Å². The molecule has 6 N–H and O–H groups in total. The smallest absolute Gasteiger partial charge is 0.459 e. The van der Waals surface area contributed by atoms with E-state index in [4.69, 9.17) is 36.5 Å². The van der Waals surface area contributed by atoms with E-state index in [1.54, 1.807) is 44.2 Å². The average molecular weight is 569 g/mol. The summed E-state index contributed by atoms with van der Waals surface area (Å²) < 4.78 is 37.4. The highest BCUT2D eigenvalue weighted by Gasteiger charge is 2.46. The first-order chi connectivity index (χ1) is 18.0. The van der Waals surface area contributed by atoms with Gasteiger partial charge in [0.2, 0.25) is 0 Å². The molecule has 0 amide bonds. The maximum absolute atomic E-state index is 13.7. The number of aliphatic hydroxyl groups is 2. The van der Waals surface area contributed by atoms with Gasteiger partial charge < -0.3 is 34.9 Å². The van der Waals surface area contributed by atoms with Crippen LogP contribution in [0, 0.1) is 4.64 Å². The summed E-state index contributed by atoms with van der Waals surface area (Å²) in [6, 6.07) is 7.15. The summed E-state index contributed by atoms with van der Waals surface area (Å²) in [6.45, 7) is 4.35. The maximum Gasteiger partial charge on any atom is 0.459 e. The molecule has 14 nitrogen and oxygen atoms in total. The molecule has 206 valence electrons. The van der Waals surface area contributed by atoms with Gasteiger partial charge in [0.1, 0.15) is 41.3 Å². The van der Waals surface area contributed by atoms with Gasteiger partial charge in [0, 0.05) is 0 Å². The Morgan fingerprint density at radius 1 is 1.29 bits per heavy atom. The number of nitrogens with one attached hydrogen (secondary N) is 2. The molecular weight excluding hydrogens is 539 g/mol. The minimum absolute atomic E-state index is 0.0346. The Morgan fingerprint density at radius 2 is 2.00 bits per heavy atom. The number of nitrogen functional groups attached to an aromatic ring is 1. The molecule has 1 aliphatic heterocycles. The lowest BCUT2D eigenvalue weighted by Crippen LogP contribution is -2.38. The number of hydrogen-bond acceptors (Lipinski definition) is 12. The van der Waals surface area contributed by atoms with Crippen molar-refractivity contribution in [1.29, 1.82) is 0 Å². The van der Waals surface area contributed by atoms with E-state index in [0.29, 0.717) is 11.2 Å². The van der Waals surface area contributed by atoms with Crippen molar-refractivity contribution in [2.24, 2.45) is 0 Å². The molecule has 6 atom stereocenters. The number of carbonyl (C=O) groups excluding carboxylic acids is 1. The van der Waals surface area contributed by atoms with Crippen LogP contribution < -0.4 is 15.3 Å². The number of benzene rings is 1. The fourth-order valence-electron chi connectivity index (χ4n) is 3.75. The van der Waals surface area contributed by atoms with Crippen LogP contribution in [0.15, 0.2) is 36.7 Å². The zero-order valence-corrected chi connectivity index (χ0v) is 22.5. The molecule has 0 spiro atoms. The van der Waals surface area contributed by atoms with Gasteiger partial charge in [-0.05, 0) is 32.9 Å². The van der Waals surface area contributed by atoms with Gasteiger partial charge in [0.05, 0.1) is 19.0 Å². The largest absolute Gasteiger partial charge is 0.462 e. The van der Waals surface area contributed by atoms with Gasteiger partial charge in [-0.2, -0.15) is 5.09 Å². The number of nitrogens with two attached hydrogens (primary N) is 1. The molecule has 1 fully saturated rings. The average Bonchev–Trinajstić information content (AvgIpc) is 3.39. The Morgan fingerprint density at radius 3 is 2.68 bits per heavy atom. The molecule has 1 aliphatic rings. The Kier molecular flexibility index (Phi) is 8.47. The van der Waals surface area contributed by atoms with E-state index in [1.807, 2.05) is 0 Å². The van der Waals surface area contributed by atoms with Crippen molar-refractivity contribution < 1.29 is 38.1 Å². The Hall–Kier alpha value is -2.91. The number of carbonyl (C=O) groups is 1. The highest BCUT2D eigenvalue weighted by atomic mass is 32.1. The molecular formula is C22H29N6O8PS. The molecule has 2 aromatic heterocycles. The van der Waals surface area contributed by atoms with Crippen LogP contribution in [0.25, 0.3) is 11.2 Å². The number of para-hydroxylation sites is 1. The standard InChI is InChI=1S/C22H29N6O8PS/c1-11(2)34-21(31)12(3)27-37(32,36-13-7-5-4-6-8-13)33-9-14-16(29)17(30)20(35-14)28-10-24-15-18(28)25-22(23)26-19(15)38/h4-8,10-12,14,16-17,20,29-30H,9H2,1-3H3,(H,27,32)(H3,23,25,26,38)/t12-,14+,16+,17+,20+,37?/m0/s1. The van der Waals surface area contributed by atoms with Gasteiger partial charge >= 0.3 is 13.7 Å². The van der Waals surface area contributed by atoms with Gasteiger partial charge in [0.25, 0.3) is 0 Å². The lowest BCUT2D eigenvalue weighted by atomic mass is 10.1. The van der Waals surface area contributed by atoms with E-state index in [-0.39, 0.29) is 22.4 Å². The van der Waals surface area contributed by atoms with E-state index in [9.17, 15) is 19.6 Å². The number of rotatable bonds is 10. The quantitative estimate of drug-likeness (QED) is 0.135. The van der Waals surface area contributed by atoms with Gasteiger partial charge in [-0.15, -0.1) is 0 Å². The molecule has 0 bridgehead atoms. The molecule has 1 aromatic carbocycles. The SMILES string of the molecule is CC(C)OC(=O)[C@H](C)NP(=O)(OC[C@H]1O[C@@H](n2cnc3c(=S)nc(N)[nH]c32)[C@H](O)[C@@H]1O)Oc1ccccc1. The zero-order valence-electron chi connectivity index (χ0n) is 20.8. The molecule has 3 aromatic rings. The molecule has 1 saturated heterocycles. The third-order valence-corrected chi connectivity index (χ3v) is 7.44. The molecule has 0 radical (unpaired) electrons. The van der Waals surface area contributed by atoms with Crippen molar-refractivity contribution in [2.45, 2.75) is 57.5 Å². The second kappa shape index (κ2) is 11.5. The van der Waals surface area contributed by atoms with E-state index in [2.05, 4.69) is 20.0 Å². The maximum atomic E-state index is 13.7. The Labute approximate surface area is 222 Å². The first kappa shape index (κ1) is 28.1. The lowest BCUT2D eigenvalue weighted by molar-refractivity contribution is -0.149. The number of aromatic amines is 1. The van der Waals surface area contributed by atoms with Gasteiger partial charge in [-0.1, -0.05) is 30.4 Å². The van der Waals surface area contributed by atoms with E-state index < -0.39 is 50.9 Å². The molecule has 0 saturated carbocycles. The third kappa shape index (κ3) is 6.21. The first-order valence-electron chi connectivity index (χ1n) is 11.7.